The van der Waals surface area contributed by atoms with Crippen molar-refractivity contribution in [3.05, 3.63) is 29.8 Å². The van der Waals surface area contributed by atoms with Crippen molar-refractivity contribution in [3.8, 4) is 0 Å². The fraction of sp³-hybridized carbons (Fsp3) is 0.529. The van der Waals surface area contributed by atoms with Gasteiger partial charge in [-0.05, 0) is 56.9 Å². The number of carbonyl (C=O) groups is 2. The average Bonchev–Trinajstić information content (AvgIpc) is 2.93. The monoisotopic (exact) mass is 289 g/mol. The van der Waals surface area contributed by atoms with Gasteiger partial charge in [0.15, 0.2) is 12.3 Å². The molecule has 0 bridgehead atoms. The minimum Gasteiger partial charge on any atom is -0.321 e. The van der Waals surface area contributed by atoms with Crippen LogP contribution in [0, 0.1) is 0 Å². The zero-order chi connectivity index (χ0) is 15.5. The van der Waals surface area contributed by atoms with E-state index >= 15 is 0 Å². The van der Waals surface area contributed by atoms with Crippen molar-refractivity contribution in [2.45, 2.75) is 38.6 Å². The second-order valence-corrected chi connectivity index (χ2v) is 6.56. The minimum atomic E-state index is 0.0301. The largest absolute Gasteiger partial charge is 0.321 e. The van der Waals surface area contributed by atoms with Crippen molar-refractivity contribution in [2.75, 3.05) is 26.0 Å². The lowest BCUT2D eigenvalue weighted by Gasteiger charge is -2.35. The van der Waals surface area contributed by atoms with Gasteiger partial charge in [-0.15, -0.1) is 0 Å². The zero-order valence-corrected chi connectivity index (χ0v) is 13.2. The molecule has 1 aliphatic carbocycles. The number of hydrogen-bond donors (Lipinski definition) is 1. The Morgan fingerprint density at radius 2 is 1.71 bits per heavy atom. The van der Waals surface area contributed by atoms with Crippen LogP contribution in [0.15, 0.2) is 24.3 Å². The fourth-order valence-electron chi connectivity index (χ4n) is 3.09. The maximum Gasteiger partial charge on any atom is 0.279 e. The van der Waals surface area contributed by atoms with E-state index < -0.39 is 0 Å². The van der Waals surface area contributed by atoms with Crippen LogP contribution in [0.4, 0.5) is 5.69 Å². The van der Waals surface area contributed by atoms with Crippen LogP contribution in [0.25, 0.3) is 0 Å². The highest BCUT2D eigenvalue weighted by Crippen LogP contribution is 2.26. The van der Waals surface area contributed by atoms with Crippen molar-refractivity contribution in [3.63, 3.8) is 0 Å². The van der Waals surface area contributed by atoms with E-state index in [0.717, 1.165) is 10.2 Å². The van der Waals surface area contributed by atoms with Gasteiger partial charge in [-0.3, -0.25) is 9.59 Å². The number of rotatable bonds is 5. The van der Waals surface area contributed by atoms with Gasteiger partial charge in [0.2, 0.25) is 0 Å². The van der Waals surface area contributed by atoms with Crippen molar-refractivity contribution >= 4 is 17.4 Å². The third kappa shape index (κ3) is 4.14. The van der Waals surface area contributed by atoms with Crippen LogP contribution < -0.4 is 5.32 Å². The van der Waals surface area contributed by atoms with Crippen molar-refractivity contribution in [1.82, 2.24) is 0 Å². The second-order valence-electron chi connectivity index (χ2n) is 6.56. The molecular weight excluding hydrogens is 264 g/mol. The molecule has 0 spiro atoms. The van der Waals surface area contributed by atoms with Gasteiger partial charge in [0, 0.05) is 11.3 Å². The lowest BCUT2D eigenvalue weighted by Crippen LogP contribution is -2.51. The molecule has 1 aliphatic rings. The predicted octanol–water partition coefficient (Wildman–Crippen LogP) is 2.85. The number of carbonyl (C=O) groups excluding carboxylic acids is 2. The maximum atomic E-state index is 12.2. The Hall–Kier alpha value is -1.68. The van der Waals surface area contributed by atoms with Crippen molar-refractivity contribution in [2.24, 2.45) is 0 Å². The summed E-state index contributed by atoms with van der Waals surface area (Å²) in [7, 11) is 4.27. The molecule has 21 heavy (non-hydrogen) atoms. The number of amides is 1. The van der Waals surface area contributed by atoms with Gasteiger partial charge in [0.1, 0.15) is 0 Å². The lowest BCUT2D eigenvalue weighted by atomic mass is 10.1. The molecule has 1 aromatic rings. The number of benzene rings is 1. The molecule has 1 saturated carbocycles. The van der Waals surface area contributed by atoms with E-state index in [2.05, 4.69) is 19.4 Å². The second kappa shape index (κ2) is 6.39. The van der Waals surface area contributed by atoms with E-state index in [1.54, 1.807) is 24.3 Å². The van der Waals surface area contributed by atoms with E-state index in [1.807, 2.05) is 0 Å². The lowest BCUT2D eigenvalue weighted by molar-refractivity contribution is -0.906. The minimum absolute atomic E-state index is 0.0301. The topological polar surface area (TPSA) is 46.2 Å². The highest BCUT2D eigenvalue weighted by atomic mass is 16.2. The van der Waals surface area contributed by atoms with E-state index in [4.69, 9.17) is 0 Å². The highest BCUT2D eigenvalue weighted by molar-refractivity contribution is 5.95. The molecule has 0 unspecified atom stereocenters. The summed E-state index contributed by atoms with van der Waals surface area (Å²) < 4.78 is 0.747. The van der Waals surface area contributed by atoms with Gasteiger partial charge in [-0.1, -0.05) is 0 Å². The Balaban J connectivity index is 1.93. The predicted molar refractivity (Wildman–Crippen MR) is 84.3 cm³/mol. The molecule has 0 saturated heterocycles. The molecule has 1 amide bonds. The third-order valence-electron chi connectivity index (χ3n) is 4.44. The number of anilines is 1. The summed E-state index contributed by atoms with van der Waals surface area (Å²) in [6.45, 7) is 2.02. The standard InChI is InChI=1S/C17H24N2O2/c1-13(20)14-8-10-15(11-9-14)18-17(21)12-19(2,3)16-6-4-5-7-16/h8-11,16H,4-7,12H2,1-3H3/p+1. The van der Waals surface area contributed by atoms with Gasteiger partial charge >= 0.3 is 0 Å². The molecule has 1 aromatic carbocycles. The number of hydrogen-bond acceptors (Lipinski definition) is 2. The Labute approximate surface area is 126 Å². The number of Topliss-reactive ketones (excluding diaryl/α,β-unsaturated/α-hetero) is 1. The fourth-order valence-corrected chi connectivity index (χ4v) is 3.09. The SMILES string of the molecule is CC(=O)c1ccc(NC(=O)C[N+](C)(C)C2CCCC2)cc1. The molecule has 114 valence electrons. The van der Waals surface area contributed by atoms with E-state index in [9.17, 15) is 9.59 Å². The Kier molecular flexibility index (Phi) is 4.78. The molecular formula is C17H25N2O2+. The number of nitrogens with one attached hydrogen (secondary N) is 1. The average molecular weight is 289 g/mol. The first-order valence-corrected chi connectivity index (χ1v) is 7.62. The van der Waals surface area contributed by atoms with Crippen LogP contribution in [-0.4, -0.2) is 42.9 Å². The van der Waals surface area contributed by atoms with Gasteiger partial charge in [-0.25, -0.2) is 0 Å². The van der Waals surface area contributed by atoms with Crippen LogP contribution >= 0.6 is 0 Å². The molecule has 1 fully saturated rings. The van der Waals surface area contributed by atoms with Crippen LogP contribution in [0.2, 0.25) is 0 Å². The summed E-state index contributed by atoms with van der Waals surface area (Å²) in [6, 6.07) is 7.65. The molecule has 0 aromatic heterocycles. The molecule has 4 nitrogen and oxygen atoms in total. The summed E-state index contributed by atoms with van der Waals surface area (Å²) in [5.74, 6) is 0.0642. The normalized spacial score (nSPS) is 16.0. The third-order valence-corrected chi connectivity index (χ3v) is 4.44. The number of nitrogens with zero attached hydrogens (tertiary/aromatic N) is 1. The molecule has 2 rings (SSSR count). The maximum absolute atomic E-state index is 12.2. The molecule has 0 radical (unpaired) electrons. The van der Waals surface area contributed by atoms with Crippen molar-refractivity contribution < 1.29 is 14.1 Å². The Morgan fingerprint density at radius 1 is 1.14 bits per heavy atom. The number of likely N-dealkylation sites (N-methyl/N-ethyl adjacent to an activating group) is 1. The Morgan fingerprint density at radius 3 is 2.24 bits per heavy atom. The van der Waals surface area contributed by atoms with Gasteiger partial charge in [0.25, 0.3) is 5.91 Å². The first-order valence-electron chi connectivity index (χ1n) is 7.62. The van der Waals surface area contributed by atoms with Crippen LogP contribution in [0.3, 0.4) is 0 Å². The van der Waals surface area contributed by atoms with Gasteiger partial charge in [-0.2, -0.15) is 0 Å². The molecule has 1 N–H and O–H groups in total. The van der Waals surface area contributed by atoms with Crippen LogP contribution in [0.1, 0.15) is 43.0 Å². The molecule has 0 aliphatic heterocycles. The quantitative estimate of drug-likeness (QED) is 0.669. The van der Waals surface area contributed by atoms with Crippen LogP contribution in [-0.2, 0) is 4.79 Å². The molecule has 0 heterocycles. The summed E-state index contributed by atoms with van der Waals surface area (Å²) >= 11 is 0. The van der Waals surface area contributed by atoms with E-state index in [0.29, 0.717) is 18.2 Å². The first-order chi connectivity index (χ1) is 9.88. The number of quaternary nitrogens is 1. The van der Waals surface area contributed by atoms with E-state index in [-0.39, 0.29) is 11.7 Å². The molecule has 0 atom stereocenters. The van der Waals surface area contributed by atoms with Crippen LogP contribution in [0.5, 0.6) is 0 Å². The van der Waals surface area contributed by atoms with Gasteiger partial charge in [0.05, 0.1) is 20.1 Å². The van der Waals surface area contributed by atoms with E-state index in [1.165, 1.54) is 32.6 Å². The summed E-state index contributed by atoms with van der Waals surface area (Å²) in [6.07, 6.45) is 4.99. The summed E-state index contributed by atoms with van der Waals surface area (Å²) in [4.78, 5) is 23.4. The summed E-state index contributed by atoms with van der Waals surface area (Å²) in [5, 5.41) is 2.92. The summed E-state index contributed by atoms with van der Waals surface area (Å²) in [5.41, 5.74) is 1.41. The first kappa shape index (κ1) is 15.7. The van der Waals surface area contributed by atoms with Crippen molar-refractivity contribution in [1.29, 1.82) is 0 Å². The highest BCUT2D eigenvalue weighted by Gasteiger charge is 2.32. The van der Waals surface area contributed by atoms with Gasteiger partial charge < -0.3 is 9.80 Å². The zero-order valence-electron chi connectivity index (χ0n) is 13.2. The Bertz CT molecular complexity index is 514. The smallest absolute Gasteiger partial charge is 0.279 e. The number of ketones is 1. The molecule has 4 heteroatoms.